The third kappa shape index (κ3) is 7.60. The fourth-order valence-electron chi connectivity index (χ4n) is 3.55. The monoisotopic (exact) mass is 585 g/mol. The zero-order chi connectivity index (χ0) is 29.7. The van der Waals surface area contributed by atoms with Crippen LogP contribution in [0.3, 0.4) is 0 Å². The van der Waals surface area contributed by atoms with E-state index in [9.17, 15) is 35.6 Å². The molecule has 0 aliphatic carbocycles. The van der Waals surface area contributed by atoms with Gasteiger partial charge in [0.25, 0.3) is 15.4 Å². The van der Waals surface area contributed by atoms with E-state index in [1.807, 2.05) is 0 Å². The molecular weight excluding hydrogens is 558 g/mol. The third-order valence-electron chi connectivity index (χ3n) is 5.49. The summed E-state index contributed by atoms with van der Waals surface area (Å²) in [6, 6.07) is 7.77. The minimum atomic E-state index is -5.74. The van der Waals surface area contributed by atoms with Crippen molar-refractivity contribution in [2.45, 2.75) is 23.7 Å². The molecule has 0 fully saturated rings. The van der Waals surface area contributed by atoms with E-state index in [0.29, 0.717) is 23.7 Å². The number of hydrogen-bond donors (Lipinski definition) is 2. The van der Waals surface area contributed by atoms with E-state index in [1.54, 1.807) is 25.9 Å². The zero-order valence-corrected chi connectivity index (χ0v) is 22.6. The molecule has 0 aliphatic rings. The van der Waals surface area contributed by atoms with E-state index in [4.69, 9.17) is 9.47 Å². The number of carbonyl (C=O) groups is 1. The van der Waals surface area contributed by atoms with Crippen LogP contribution in [0.5, 0.6) is 11.5 Å². The predicted octanol–water partition coefficient (Wildman–Crippen LogP) is 3.99. The summed E-state index contributed by atoms with van der Waals surface area (Å²) in [5.74, 6) is -1.54. The molecule has 9 nitrogen and oxygen atoms in total. The number of benzene rings is 2. The van der Waals surface area contributed by atoms with Crippen molar-refractivity contribution in [3.63, 3.8) is 0 Å². The molecule has 14 heteroatoms. The number of likely N-dealkylation sites (N-methyl/N-ethyl adjacent to an activating group) is 1. The van der Waals surface area contributed by atoms with Gasteiger partial charge in [0.05, 0.1) is 17.9 Å². The number of halogens is 4. The number of hydrogen-bond acceptors (Lipinski definition) is 7. The number of amides is 1. The summed E-state index contributed by atoms with van der Waals surface area (Å²) in [5, 5.41) is 2.31. The lowest BCUT2D eigenvalue weighted by atomic mass is 10.0. The van der Waals surface area contributed by atoms with E-state index in [1.165, 1.54) is 30.5 Å². The van der Waals surface area contributed by atoms with E-state index < -0.39 is 43.9 Å². The predicted molar refractivity (Wildman–Crippen MR) is 140 cm³/mol. The minimum absolute atomic E-state index is 0.0355. The van der Waals surface area contributed by atoms with Crippen molar-refractivity contribution in [2.24, 2.45) is 0 Å². The van der Waals surface area contributed by atoms with Crippen molar-refractivity contribution < 1.29 is 40.2 Å². The lowest BCUT2D eigenvalue weighted by Crippen LogP contribution is -2.24. The van der Waals surface area contributed by atoms with Gasteiger partial charge in [-0.2, -0.15) is 13.2 Å². The SMILES string of the molecule is CCOc1cc(=O)[nH]cc1-c1ccc(CC(=O)Nc2cc(OCCN(C)C)cc(S(=O)(=O)C(F)(F)F)c2)c(F)c1. The molecule has 0 saturated carbocycles. The number of nitrogens with zero attached hydrogens (tertiary/aromatic N) is 1. The summed E-state index contributed by atoms with van der Waals surface area (Å²) < 4.78 is 89.4. The average molecular weight is 586 g/mol. The maximum absolute atomic E-state index is 14.9. The Morgan fingerprint density at radius 2 is 1.80 bits per heavy atom. The Labute approximate surface area is 227 Å². The van der Waals surface area contributed by atoms with E-state index >= 15 is 0 Å². The number of ether oxygens (including phenoxy) is 2. The van der Waals surface area contributed by atoms with Crippen LogP contribution in [0.25, 0.3) is 11.1 Å². The van der Waals surface area contributed by atoms with Crippen molar-refractivity contribution in [1.29, 1.82) is 0 Å². The van der Waals surface area contributed by atoms with Gasteiger partial charge in [0.1, 0.15) is 23.9 Å². The van der Waals surface area contributed by atoms with E-state index in [0.717, 1.165) is 12.1 Å². The molecule has 2 aromatic carbocycles. The Morgan fingerprint density at radius 3 is 2.42 bits per heavy atom. The lowest BCUT2D eigenvalue weighted by Gasteiger charge is -2.15. The smallest absolute Gasteiger partial charge is 0.493 e. The Balaban J connectivity index is 1.85. The van der Waals surface area contributed by atoms with Gasteiger partial charge >= 0.3 is 5.51 Å². The van der Waals surface area contributed by atoms with Crippen LogP contribution in [0.2, 0.25) is 0 Å². The van der Waals surface area contributed by atoms with Crippen LogP contribution < -0.4 is 20.3 Å². The summed E-state index contributed by atoms with van der Waals surface area (Å²) >= 11 is 0. The molecular formula is C26H27F4N3O6S. The van der Waals surface area contributed by atoms with Crippen LogP contribution in [0.1, 0.15) is 12.5 Å². The molecule has 0 atom stereocenters. The molecule has 1 amide bonds. The van der Waals surface area contributed by atoms with Crippen LogP contribution in [0.15, 0.2) is 58.4 Å². The van der Waals surface area contributed by atoms with E-state index in [2.05, 4.69) is 10.3 Å². The number of anilines is 1. The topological polar surface area (TPSA) is 118 Å². The molecule has 3 aromatic rings. The number of sulfone groups is 1. The average Bonchev–Trinajstić information content (AvgIpc) is 2.84. The highest BCUT2D eigenvalue weighted by Gasteiger charge is 2.47. The molecule has 3 rings (SSSR count). The molecule has 0 spiro atoms. The molecule has 0 unspecified atom stereocenters. The van der Waals surface area contributed by atoms with Crippen molar-refractivity contribution in [3.8, 4) is 22.6 Å². The maximum Gasteiger partial charge on any atom is 0.501 e. The highest BCUT2D eigenvalue weighted by atomic mass is 32.2. The van der Waals surface area contributed by atoms with Gasteiger partial charge in [-0.3, -0.25) is 9.59 Å². The van der Waals surface area contributed by atoms with Gasteiger partial charge in [-0.05, 0) is 50.3 Å². The number of aromatic nitrogens is 1. The van der Waals surface area contributed by atoms with Crippen LogP contribution >= 0.6 is 0 Å². The fourth-order valence-corrected chi connectivity index (χ4v) is 4.37. The third-order valence-corrected chi connectivity index (χ3v) is 6.95. The van der Waals surface area contributed by atoms with Crippen molar-refractivity contribution in [3.05, 3.63) is 70.4 Å². The molecule has 0 radical (unpaired) electrons. The number of pyridine rings is 1. The highest BCUT2D eigenvalue weighted by Crippen LogP contribution is 2.34. The molecule has 40 heavy (non-hydrogen) atoms. The van der Waals surface area contributed by atoms with E-state index in [-0.39, 0.29) is 36.0 Å². The summed E-state index contributed by atoms with van der Waals surface area (Å²) in [7, 11) is -2.26. The second-order valence-corrected chi connectivity index (χ2v) is 10.8. The first-order valence-corrected chi connectivity index (χ1v) is 13.4. The molecule has 0 saturated heterocycles. The lowest BCUT2D eigenvalue weighted by molar-refractivity contribution is -0.115. The molecule has 0 aliphatic heterocycles. The largest absolute Gasteiger partial charge is 0.501 e. The van der Waals surface area contributed by atoms with Gasteiger partial charge in [0.2, 0.25) is 5.91 Å². The van der Waals surface area contributed by atoms with Gasteiger partial charge in [-0.15, -0.1) is 0 Å². The summed E-state index contributed by atoms with van der Waals surface area (Å²) in [5.41, 5.74) is -5.51. The quantitative estimate of drug-likeness (QED) is 0.327. The Hall–Kier alpha value is -3.91. The normalized spacial score (nSPS) is 11.9. The van der Waals surface area contributed by atoms with Crippen molar-refractivity contribution in [1.82, 2.24) is 9.88 Å². The highest BCUT2D eigenvalue weighted by molar-refractivity contribution is 7.92. The van der Waals surface area contributed by atoms with Crippen LogP contribution in [-0.2, 0) is 21.1 Å². The van der Waals surface area contributed by atoms with Crippen molar-refractivity contribution in [2.75, 3.05) is 39.2 Å². The first kappa shape index (κ1) is 30.6. The first-order chi connectivity index (χ1) is 18.7. The summed E-state index contributed by atoms with van der Waals surface area (Å²) in [4.78, 5) is 27.4. The van der Waals surface area contributed by atoms with Crippen molar-refractivity contribution >= 4 is 21.4 Å². The van der Waals surface area contributed by atoms with Gasteiger partial charge < -0.3 is 24.7 Å². The Bertz CT molecular complexity index is 1540. The standard InChI is InChI=1S/C26H27F4N3O6S/c1-4-38-23-14-24(34)31-15-21(23)16-5-6-17(22(27)9-16)10-25(35)32-18-11-19(39-8-7-33(2)3)13-20(12-18)40(36,37)26(28,29)30/h5-6,9,11-15H,4,7-8,10H2,1-3H3,(H,31,34)(H,32,35). The molecule has 1 aromatic heterocycles. The Kier molecular flexibility index (Phi) is 9.58. The van der Waals surface area contributed by atoms with Gasteiger partial charge in [-0.1, -0.05) is 12.1 Å². The number of nitrogens with one attached hydrogen (secondary N) is 2. The van der Waals surface area contributed by atoms with Crippen LogP contribution in [0, 0.1) is 5.82 Å². The van der Waals surface area contributed by atoms with Crippen LogP contribution in [-0.4, -0.2) is 63.6 Å². The molecule has 1 heterocycles. The second-order valence-electron chi connectivity index (χ2n) is 8.83. The number of aromatic amines is 1. The number of alkyl halides is 3. The second kappa shape index (κ2) is 12.5. The number of H-pyrrole nitrogens is 1. The molecule has 0 bridgehead atoms. The molecule has 2 N–H and O–H groups in total. The maximum atomic E-state index is 14.9. The minimum Gasteiger partial charge on any atom is -0.493 e. The Morgan fingerprint density at radius 1 is 1.07 bits per heavy atom. The fraction of sp³-hybridized carbons (Fsp3) is 0.308. The molecule has 216 valence electrons. The first-order valence-electron chi connectivity index (χ1n) is 11.9. The van der Waals surface area contributed by atoms with Gasteiger partial charge in [0, 0.05) is 36.1 Å². The van der Waals surface area contributed by atoms with Gasteiger partial charge in [0.15, 0.2) is 0 Å². The van der Waals surface area contributed by atoms with Crippen LogP contribution in [0.4, 0.5) is 23.2 Å². The summed E-state index contributed by atoms with van der Waals surface area (Å²) in [6.45, 7) is 2.41. The number of rotatable bonds is 11. The zero-order valence-electron chi connectivity index (χ0n) is 21.8. The number of carbonyl (C=O) groups excluding carboxylic acids is 1. The van der Waals surface area contributed by atoms with Gasteiger partial charge in [-0.25, -0.2) is 12.8 Å². The summed E-state index contributed by atoms with van der Waals surface area (Å²) in [6.07, 6.45) is 0.859.